The van der Waals surface area contributed by atoms with Gasteiger partial charge in [0.1, 0.15) is 17.1 Å². The Morgan fingerprint density at radius 2 is 0.971 bits per heavy atom. The minimum Gasteiger partial charge on any atom is -0.493 e. The van der Waals surface area contributed by atoms with Crippen LogP contribution in [0, 0.1) is 0 Å². The van der Waals surface area contributed by atoms with Crippen LogP contribution >= 0.6 is 11.6 Å². The summed E-state index contributed by atoms with van der Waals surface area (Å²) in [7, 11) is 20.5. The van der Waals surface area contributed by atoms with Crippen molar-refractivity contribution in [2.24, 2.45) is 0 Å². The second-order valence-corrected chi connectivity index (χ2v) is 18.2. The van der Waals surface area contributed by atoms with Crippen molar-refractivity contribution in [3.63, 3.8) is 0 Å². The van der Waals surface area contributed by atoms with E-state index in [9.17, 15) is 9.59 Å². The van der Waals surface area contributed by atoms with Gasteiger partial charge in [-0.3, -0.25) is 0 Å². The Kier molecular flexibility index (Phi) is 17.9. The Labute approximate surface area is 416 Å². The lowest BCUT2D eigenvalue weighted by molar-refractivity contribution is -0.941. The molecule has 6 rings (SSSR count). The summed E-state index contributed by atoms with van der Waals surface area (Å²) >= 11 is 6.36. The second kappa shape index (κ2) is 23.6. The highest BCUT2D eigenvalue weighted by molar-refractivity contribution is 6.42. The number of carbonyl (C=O) groups is 2. The molecular weight excluding hydrogens is 924 g/mol. The Morgan fingerprint density at radius 3 is 1.47 bits per heavy atom. The normalized spacial score (nSPS) is 19.4. The zero-order chi connectivity index (χ0) is 50.8. The van der Waals surface area contributed by atoms with E-state index in [0.717, 1.165) is 59.8 Å². The Morgan fingerprint density at radius 1 is 0.543 bits per heavy atom. The van der Waals surface area contributed by atoms with Gasteiger partial charge in [-0.05, 0) is 65.2 Å². The lowest BCUT2D eigenvalue weighted by Gasteiger charge is -2.46. The molecule has 4 aromatic rings. The summed E-state index contributed by atoms with van der Waals surface area (Å²) in [6, 6.07) is 15.9. The van der Waals surface area contributed by atoms with Crippen LogP contribution in [0.2, 0.25) is 0 Å². The lowest BCUT2D eigenvalue weighted by atomic mass is 9.85. The van der Waals surface area contributed by atoms with Gasteiger partial charge in [-0.15, -0.1) is 0 Å². The van der Waals surface area contributed by atoms with Crippen LogP contribution in [-0.4, -0.2) is 145 Å². The third kappa shape index (κ3) is 11.3. The molecule has 2 aliphatic heterocycles. The summed E-state index contributed by atoms with van der Waals surface area (Å²) in [5.74, 6) is 4.29. The SMILES string of the molecule is COc1cc2c(cc1OC)[C@@H](c1cc(OC)c(OC)c(OC)c1)[N@+](C)(CCCOC(=O)/C=C(/Cl)C(=O)OCCC[N@+]1(C)CCc3cc(OC)c(OC)cc3[C@H]1Cc1cc(OC)c(OC)c(OC)c1)CC2. The van der Waals surface area contributed by atoms with Crippen molar-refractivity contribution in [3.8, 4) is 57.5 Å². The standard InChI is InChI=1S/C53H69ClN2O14/c1-55(19-15-34-26-41(59-3)43(61-5)30-37(34)40(55)23-33-24-45(63-7)51(67-11)46(25-33)64-8)17-13-22-70-53(58)39(54)32-49(57)69-21-14-18-56(2)20-16-35-27-42(60-4)44(62-6)31-38(35)50(56)36-28-47(65-9)52(68-12)48(29-36)66-10/h24-32,40,50H,13-23H2,1-12H3/q+2/b39-32+/t40-,50-,55-,56-/m1/s1. The Hall–Kier alpha value is -6.23. The van der Waals surface area contributed by atoms with E-state index >= 15 is 0 Å². The maximum absolute atomic E-state index is 13.1. The fourth-order valence-corrected chi connectivity index (χ4v) is 10.3. The van der Waals surface area contributed by atoms with E-state index in [2.05, 4.69) is 26.2 Å². The van der Waals surface area contributed by atoms with Gasteiger partial charge in [0, 0.05) is 54.9 Å². The molecule has 16 nitrogen and oxygen atoms in total. The predicted molar refractivity (Wildman–Crippen MR) is 264 cm³/mol. The molecule has 0 unspecified atom stereocenters. The minimum absolute atomic E-state index is 0.0244. The molecule has 4 aromatic carbocycles. The highest BCUT2D eigenvalue weighted by Crippen LogP contribution is 2.49. The average molecular weight is 994 g/mol. The number of halogens is 1. The number of benzene rings is 4. The van der Waals surface area contributed by atoms with E-state index in [-0.39, 0.29) is 30.3 Å². The highest BCUT2D eigenvalue weighted by atomic mass is 35.5. The van der Waals surface area contributed by atoms with E-state index in [1.54, 1.807) is 71.1 Å². The van der Waals surface area contributed by atoms with Crippen molar-refractivity contribution in [2.45, 2.75) is 44.2 Å². The molecule has 0 saturated heterocycles. The van der Waals surface area contributed by atoms with Gasteiger partial charge in [-0.2, -0.15) is 0 Å². The number of methoxy groups -OCH3 is 10. The molecule has 70 heavy (non-hydrogen) atoms. The van der Waals surface area contributed by atoms with E-state index in [4.69, 9.17) is 68.4 Å². The van der Waals surface area contributed by atoms with Crippen molar-refractivity contribution >= 4 is 23.5 Å². The molecule has 0 aliphatic carbocycles. The third-order valence-corrected chi connectivity index (χ3v) is 14.1. The number of hydrogen-bond donors (Lipinski definition) is 0. The molecule has 0 fully saturated rings. The number of likely N-dealkylation sites (N-methyl/N-ethyl adjacent to an activating group) is 2. The topological polar surface area (TPSA) is 145 Å². The van der Waals surface area contributed by atoms with Gasteiger partial charge in [0.2, 0.25) is 11.5 Å². The fraction of sp³-hybridized carbons (Fsp3) is 0.472. The zero-order valence-electron chi connectivity index (χ0n) is 42.6. The third-order valence-electron chi connectivity index (χ3n) is 13.8. The van der Waals surface area contributed by atoms with Crippen molar-refractivity contribution in [2.75, 3.05) is 125 Å². The summed E-state index contributed by atoms with van der Waals surface area (Å²) in [6.45, 7) is 3.09. The van der Waals surface area contributed by atoms with Crippen LogP contribution in [0.4, 0.5) is 0 Å². The van der Waals surface area contributed by atoms with E-state index in [0.29, 0.717) is 98.8 Å². The fourth-order valence-electron chi connectivity index (χ4n) is 10.2. The number of esters is 2. The van der Waals surface area contributed by atoms with Crippen LogP contribution in [0.15, 0.2) is 59.6 Å². The molecule has 4 atom stereocenters. The first-order valence-electron chi connectivity index (χ1n) is 23.2. The molecule has 17 heteroatoms. The highest BCUT2D eigenvalue weighted by Gasteiger charge is 2.43. The number of quaternary nitrogens is 2. The van der Waals surface area contributed by atoms with Crippen LogP contribution in [-0.2, 0) is 38.3 Å². The number of hydrogen-bond acceptors (Lipinski definition) is 14. The molecule has 0 N–H and O–H groups in total. The van der Waals surface area contributed by atoms with Gasteiger partial charge in [0.15, 0.2) is 46.0 Å². The van der Waals surface area contributed by atoms with Crippen molar-refractivity contribution in [3.05, 3.63) is 93.0 Å². The Balaban J connectivity index is 1.10. The van der Waals surface area contributed by atoms with E-state index in [1.165, 1.54) is 5.56 Å². The molecule has 0 radical (unpaired) electrons. The summed E-state index contributed by atoms with van der Waals surface area (Å²) in [5.41, 5.74) is 6.47. The predicted octanol–water partition coefficient (Wildman–Crippen LogP) is 7.84. The molecule has 0 amide bonds. The van der Waals surface area contributed by atoms with Gasteiger partial charge in [-0.1, -0.05) is 11.6 Å². The van der Waals surface area contributed by atoms with Crippen LogP contribution in [0.5, 0.6) is 57.5 Å². The second-order valence-electron chi connectivity index (χ2n) is 17.8. The first kappa shape index (κ1) is 53.1. The van der Waals surface area contributed by atoms with Gasteiger partial charge >= 0.3 is 11.9 Å². The van der Waals surface area contributed by atoms with Gasteiger partial charge < -0.3 is 65.8 Å². The van der Waals surface area contributed by atoms with Crippen LogP contribution in [0.1, 0.15) is 58.3 Å². The quantitative estimate of drug-likeness (QED) is 0.0308. The van der Waals surface area contributed by atoms with Crippen molar-refractivity contribution in [1.29, 1.82) is 0 Å². The average Bonchev–Trinajstić information content (AvgIpc) is 3.37. The van der Waals surface area contributed by atoms with Gasteiger partial charge in [0.05, 0.1) is 125 Å². The molecule has 380 valence electrons. The van der Waals surface area contributed by atoms with Crippen LogP contribution in [0.25, 0.3) is 0 Å². The monoisotopic (exact) mass is 992 g/mol. The van der Waals surface area contributed by atoms with E-state index in [1.807, 2.05) is 36.4 Å². The van der Waals surface area contributed by atoms with Gasteiger partial charge in [0.25, 0.3) is 0 Å². The number of ether oxygens (including phenoxy) is 12. The molecule has 0 spiro atoms. The molecule has 0 bridgehead atoms. The van der Waals surface area contributed by atoms with Crippen LogP contribution in [0.3, 0.4) is 0 Å². The zero-order valence-corrected chi connectivity index (χ0v) is 43.4. The summed E-state index contributed by atoms with van der Waals surface area (Å²) in [5, 5.41) is -0.364. The number of rotatable bonds is 23. The number of nitrogens with zero attached hydrogens (tertiary/aromatic N) is 2. The largest absolute Gasteiger partial charge is 0.493 e. The maximum Gasteiger partial charge on any atom is 0.350 e. The first-order chi connectivity index (χ1) is 33.7. The lowest BCUT2D eigenvalue weighted by Crippen LogP contribution is -2.52. The number of fused-ring (bicyclic) bond motifs is 2. The smallest absolute Gasteiger partial charge is 0.350 e. The molecule has 0 aromatic heterocycles. The van der Waals surface area contributed by atoms with Crippen molar-refractivity contribution in [1.82, 2.24) is 0 Å². The van der Waals surface area contributed by atoms with E-state index < -0.39 is 11.9 Å². The molecule has 0 saturated carbocycles. The maximum atomic E-state index is 13.1. The summed E-state index contributed by atoms with van der Waals surface area (Å²) < 4.78 is 69.4. The molecule has 2 heterocycles. The molecular formula is C53H69ClN2O14+2. The number of carbonyl (C=O) groups excluding carboxylic acids is 2. The Bertz CT molecular complexity index is 2480. The van der Waals surface area contributed by atoms with Gasteiger partial charge in [-0.25, -0.2) is 9.59 Å². The molecule has 2 aliphatic rings. The van der Waals surface area contributed by atoms with Crippen LogP contribution < -0.4 is 47.4 Å². The first-order valence-corrected chi connectivity index (χ1v) is 23.5. The summed E-state index contributed by atoms with van der Waals surface area (Å²) in [4.78, 5) is 26.1. The minimum atomic E-state index is -0.804. The summed E-state index contributed by atoms with van der Waals surface area (Å²) in [6.07, 6.45) is 4.24. The van der Waals surface area contributed by atoms with Crippen molar-refractivity contribution < 1.29 is 75.4 Å².